The molecule has 0 saturated carbocycles. The maximum Gasteiger partial charge on any atom is 0.410 e. The fraction of sp³-hybridized carbons (Fsp3) is 0.529. The SMILES string of the molecule is CCOC(=O)N1CC[NH+]([C@@H](C)C(=O)Nc2cc([N+](=O)[O-])ccc2OC)CC1. The molecule has 148 valence electrons. The lowest BCUT2D eigenvalue weighted by atomic mass is 10.2. The third-order valence-corrected chi connectivity index (χ3v) is 4.59. The second-order valence-corrected chi connectivity index (χ2v) is 6.20. The summed E-state index contributed by atoms with van der Waals surface area (Å²) in [5.41, 5.74) is 0.127. The Bertz CT molecular complexity index is 703. The summed E-state index contributed by atoms with van der Waals surface area (Å²) in [6, 6.07) is 3.65. The number of nitrogens with zero attached hydrogens (tertiary/aromatic N) is 2. The summed E-state index contributed by atoms with van der Waals surface area (Å²) in [7, 11) is 1.43. The van der Waals surface area contributed by atoms with Crippen LogP contribution in [0.3, 0.4) is 0 Å². The topological polar surface area (TPSA) is 115 Å². The van der Waals surface area contributed by atoms with Gasteiger partial charge in [0.1, 0.15) is 5.75 Å². The Morgan fingerprint density at radius 2 is 2.04 bits per heavy atom. The number of non-ortho nitro benzene ring substituents is 1. The summed E-state index contributed by atoms with van der Waals surface area (Å²) < 4.78 is 10.2. The van der Waals surface area contributed by atoms with E-state index in [0.717, 1.165) is 4.90 Å². The Hall–Kier alpha value is -2.88. The normalized spacial score (nSPS) is 15.7. The van der Waals surface area contributed by atoms with Crippen LogP contribution in [0.25, 0.3) is 0 Å². The first-order chi connectivity index (χ1) is 12.9. The summed E-state index contributed by atoms with van der Waals surface area (Å²) in [5.74, 6) is 0.0802. The Balaban J connectivity index is 1.99. The highest BCUT2D eigenvalue weighted by Gasteiger charge is 2.31. The molecule has 1 aromatic rings. The van der Waals surface area contributed by atoms with Gasteiger partial charge < -0.3 is 19.7 Å². The van der Waals surface area contributed by atoms with E-state index in [1.807, 2.05) is 0 Å². The highest BCUT2D eigenvalue weighted by molar-refractivity contribution is 5.95. The van der Waals surface area contributed by atoms with Crippen molar-refractivity contribution in [1.82, 2.24) is 4.90 Å². The number of carbonyl (C=O) groups excluding carboxylic acids is 2. The third-order valence-electron chi connectivity index (χ3n) is 4.59. The maximum absolute atomic E-state index is 12.6. The van der Waals surface area contributed by atoms with Crippen molar-refractivity contribution in [2.24, 2.45) is 0 Å². The standard InChI is InChI=1S/C17H24N4O6/c1-4-27-17(23)20-9-7-19(8-10-20)12(2)16(22)18-14-11-13(21(24)25)5-6-15(14)26-3/h5-6,11-12H,4,7-10H2,1-3H3,(H,18,22)/p+1/t12-/m0/s1. The van der Waals surface area contributed by atoms with Gasteiger partial charge in [-0.15, -0.1) is 0 Å². The molecule has 0 radical (unpaired) electrons. The van der Waals surface area contributed by atoms with Gasteiger partial charge in [-0.25, -0.2) is 4.79 Å². The van der Waals surface area contributed by atoms with Crippen LogP contribution in [-0.4, -0.2) is 67.8 Å². The lowest BCUT2D eigenvalue weighted by Crippen LogP contribution is -3.19. The van der Waals surface area contributed by atoms with Gasteiger partial charge in [-0.3, -0.25) is 19.8 Å². The van der Waals surface area contributed by atoms with E-state index < -0.39 is 11.0 Å². The van der Waals surface area contributed by atoms with Gasteiger partial charge in [-0.05, 0) is 19.9 Å². The lowest BCUT2D eigenvalue weighted by Gasteiger charge is -2.34. The molecule has 1 atom stereocenters. The molecule has 10 nitrogen and oxygen atoms in total. The van der Waals surface area contributed by atoms with Crippen molar-refractivity contribution in [3.05, 3.63) is 28.3 Å². The summed E-state index contributed by atoms with van der Waals surface area (Å²) in [6.45, 7) is 6.11. The molecule has 1 heterocycles. The van der Waals surface area contributed by atoms with Crippen molar-refractivity contribution in [1.29, 1.82) is 0 Å². The second kappa shape index (κ2) is 9.17. The van der Waals surface area contributed by atoms with E-state index in [1.165, 1.54) is 25.3 Å². The van der Waals surface area contributed by atoms with Gasteiger partial charge >= 0.3 is 6.09 Å². The molecule has 0 bridgehead atoms. The third kappa shape index (κ3) is 5.07. The molecular formula is C17H25N4O6+. The zero-order chi connectivity index (χ0) is 20.0. The smallest absolute Gasteiger partial charge is 0.410 e. The van der Waals surface area contributed by atoms with Crippen molar-refractivity contribution in [2.75, 3.05) is 45.2 Å². The molecule has 10 heteroatoms. The van der Waals surface area contributed by atoms with Gasteiger partial charge in [0.05, 0.1) is 50.5 Å². The number of hydrogen-bond donors (Lipinski definition) is 2. The van der Waals surface area contributed by atoms with E-state index in [0.29, 0.717) is 38.5 Å². The van der Waals surface area contributed by atoms with Crippen LogP contribution in [0.1, 0.15) is 13.8 Å². The first-order valence-electron chi connectivity index (χ1n) is 8.77. The first-order valence-corrected chi connectivity index (χ1v) is 8.77. The number of benzene rings is 1. The Kier molecular flexibility index (Phi) is 6.94. The predicted octanol–water partition coefficient (Wildman–Crippen LogP) is 0.287. The van der Waals surface area contributed by atoms with Crippen LogP contribution in [0.2, 0.25) is 0 Å². The first kappa shape index (κ1) is 20.4. The quantitative estimate of drug-likeness (QED) is 0.540. The Labute approximate surface area is 157 Å². The molecule has 1 saturated heterocycles. The number of carbonyl (C=O) groups is 2. The predicted molar refractivity (Wildman–Crippen MR) is 97.0 cm³/mol. The number of nitro groups is 1. The van der Waals surface area contributed by atoms with Crippen molar-refractivity contribution in [2.45, 2.75) is 19.9 Å². The fourth-order valence-corrected chi connectivity index (χ4v) is 2.96. The van der Waals surface area contributed by atoms with Gasteiger partial charge in [0, 0.05) is 12.1 Å². The summed E-state index contributed by atoms with van der Waals surface area (Å²) in [6.07, 6.45) is -0.338. The van der Waals surface area contributed by atoms with Crippen molar-refractivity contribution in [3.63, 3.8) is 0 Å². The molecule has 2 amide bonds. The van der Waals surface area contributed by atoms with Crippen LogP contribution in [0.5, 0.6) is 5.75 Å². The number of quaternary nitrogens is 1. The Morgan fingerprint density at radius 1 is 1.37 bits per heavy atom. The van der Waals surface area contributed by atoms with E-state index in [2.05, 4.69) is 5.32 Å². The number of ether oxygens (including phenoxy) is 2. The van der Waals surface area contributed by atoms with E-state index in [4.69, 9.17) is 9.47 Å². The highest BCUT2D eigenvalue weighted by atomic mass is 16.6. The van der Waals surface area contributed by atoms with Gasteiger partial charge in [-0.1, -0.05) is 0 Å². The number of piperazine rings is 1. The van der Waals surface area contributed by atoms with E-state index >= 15 is 0 Å². The van der Waals surface area contributed by atoms with Crippen LogP contribution in [0.15, 0.2) is 18.2 Å². The average molecular weight is 381 g/mol. The molecule has 2 N–H and O–H groups in total. The van der Waals surface area contributed by atoms with Crippen LogP contribution in [-0.2, 0) is 9.53 Å². The zero-order valence-corrected chi connectivity index (χ0v) is 15.7. The largest absolute Gasteiger partial charge is 0.495 e. The number of amides is 2. The average Bonchev–Trinajstić information content (AvgIpc) is 2.67. The van der Waals surface area contributed by atoms with Gasteiger partial charge in [0.2, 0.25) is 0 Å². The molecule has 1 aliphatic rings. The monoisotopic (exact) mass is 381 g/mol. The molecule has 1 aliphatic heterocycles. The molecule has 2 rings (SSSR count). The molecule has 1 aromatic carbocycles. The minimum absolute atomic E-state index is 0.130. The maximum atomic E-state index is 12.6. The van der Waals surface area contributed by atoms with Crippen molar-refractivity contribution >= 4 is 23.4 Å². The number of methoxy groups -OCH3 is 1. The summed E-state index contributed by atoms with van der Waals surface area (Å²) in [5, 5.41) is 13.7. The van der Waals surface area contributed by atoms with Gasteiger partial charge in [-0.2, -0.15) is 0 Å². The number of hydrogen-bond acceptors (Lipinski definition) is 6. The van der Waals surface area contributed by atoms with Crippen LogP contribution in [0, 0.1) is 10.1 Å². The molecule has 1 fully saturated rings. The molecular weight excluding hydrogens is 356 g/mol. The summed E-state index contributed by atoms with van der Waals surface area (Å²) >= 11 is 0. The van der Waals surface area contributed by atoms with E-state index in [-0.39, 0.29) is 23.4 Å². The molecule has 27 heavy (non-hydrogen) atoms. The van der Waals surface area contributed by atoms with E-state index in [9.17, 15) is 19.7 Å². The number of nitrogens with one attached hydrogen (secondary N) is 2. The second-order valence-electron chi connectivity index (χ2n) is 6.20. The highest BCUT2D eigenvalue weighted by Crippen LogP contribution is 2.28. The molecule has 0 spiro atoms. The minimum Gasteiger partial charge on any atom is -0.495 e. The van der Waals surface area contributed by atoms with Crippen LogP contribution in [0.4, 0.5) is 16.2 Å². The van der Waals surface area contributed by atoms with Crippen LogP contribution >= 0.6 is 0 Å². The van der Waals surface area contributed by atoms with Crippen molar-refractivity contribution < 1.29 is 28.9 Å². The zero-order valence-electron chi connectivity index (χ0n) is 15.7. The minimum atomic E-state index is -0.529. The van der Waals surface area contributed by atoms with E-state index in [1.54, 1.807) is 18.7 Å². The van der Waals surface area contributed by atoms with Crippen molar-refractivity contribution in [3.8, 4) is 5.75 Å². The molecule has 0 aliphatic carbocycles. The van der Waals surface area contributed by atoms with Gasteiger partial charge in [0.25, 0.3) is 11.6 Å². The molecule has 0 unspecified atom stereocenters. The molecule has 0 aromatic heterocycles. The lowest BCUT2D eigenvalue weighted by molar-refractivity contribution is -0.917. The Morgan fingerprint density at radius 3 is 2.59 bits per heavy atom. The van der Waals surface area contributed by atoms with Gasteiger partial charge in [0.15, 0.2) is 6.04 Å². The van der Waals surface area contributed by atoms with Crippen LogP contribution < -0.4 is 15.0 Å². The number of anilines is 1. The number of nitro benzene ring substituents is 1. The number of rotatable bonds is 6. The fourth-order valence-electron chi connectivity index (χ4n) is 2.96. The summed E-state index contributed by atoms with van der Waals surface area (Å²) in [4.78, 5) is 37.4.